The lowest BCUT2D eigenvalue weighted by molar-refractivity contribution is 0.0127. The second-order valence-corrected chi connectivity index (χ2v) is 13.8. The van der Waals surface area contributed by atoms with E-state index in [0.29, 0.717) is 30.7 Å². The fourth-order valence-electron chi connectivity index (χ4n) is 6.22. The Kier molecular flexibility index (Phi) is 13.5. The van der Waals surface area contributed by atoms with E-state index in [1.807, 2.05) is 13.8 Å². The maximum Gasteiger partial charge on any atom is 0.410 e. The van der Waals surface area contributed by atoms with Crippen LogP contribution in [0.15, 0.2) is 42.5 Å². The van der Waals surface area contributed by atoms with Gasteiger partial charge in [0, 0.05) is 43.0 Å². The highest BCUT2D eigenvalue weighted by Gasteiger charge is 2.35. The lowest BCUT2D eigenvalue weighted by atomic mass is 9.97. The fraction of sp³-hybridized carbons (Fsp3) is 0.450. The third-order valence-electron chi connectivity index (χ3n) is 8.75. The Morgan fingerprint density at radius 3 is 2.09 bits per heavy atom. The van der Waals surface area contributed by atoms with Gasteiger partial charge in [-0.05, 0) is 89.3 Å². The summed E-state index contributed by atoms with van der Waals surface area (Å²) < 4.78 is 48.5. The molecule has 1 saturated heterocycles. The molecule has 286 valence electrons. The molecule has 13 heteroatoms. The third kappa shape index (κ3) is 9.83. The minimum absolute atomic E-state index is 0.0209. The van der Waals surface area contributed by atoms with Crippen LogP contribution in [0.1, 0.15) is 93.9 Å². The van der Waals surface area contributed by atoms with Crippen LogP contribution in [0.5, 0.6) is 17.2 Å². The molecule has 2 atom stereocenters. The summed E-state index contributed by atoms with van der Waals surface area (Å²) in [5.74, 6) is -1.60. The molecule has 0 aliphatic carbocycles. The number of hydrogen-bond donors (Lipinski definition) is 1. The number of ketones is 1. The number of aryl methyl sites for hydroxylation is 2. The number of ether oxygens (including phenoxy) is 6. The molecule has 4 rings (SSSR count). The maximum absolute atomic E-state index is 15.6. The largest absolute Gasteiger partial charge is 0.496 e. The van der Waals surface area contributed by atoms with Gasteiger partial charge in [0.1, 0.15) is 40.3 Å². The molecule has 0 unspecified atom stereocenters. The van der Waals surface area contributed by atoms with Gasteiger partial charge in [0.2, 0.25) is 0 Å². The van der Waals surface area contributed by atoms with E-state index in [9.17, 15) is 19.2 Å². The monoisotopic (exact) mass is 736 g/mol. The number of amides is 2. The van der Waals surface area contributed by atoms with Crippen molar-refractivity contribution < 1.29 is 52.0 Å². The van der Waals surface area contributed by atoms with Crippen molar-refractivity contribution >= 4 is 23.8 Å². The average Bonchev–Trinajstić information content (AvgIpc) is 3.31. The van der Waals surface area contributed by atoms with Gasteiger partial charge < -0.3 is 38.6 Å². The van der Waals surface area contributed by atoms with Crippen molar-refractivity contribution in [2.24, 2.45) is 0 Å². The van der Waals surface area contributed by atoms with Crippen LogP contribution in [0.2, 0.25) is 0 Å². The number of rotatable bonds is 12. The van der Waals surface area contributed by atoms with Gasteiger partial charge in [-0.25, -0.2) is 14.0 Å². The van der Waals surface area contributed by atoms with Crippen LogP contribution >= 0.6 is 0 Å². The topological polar surface area (TPSA) is 139 Å². The lowest BCUT2D eigenvalue weighted by Crippen LogP contribution is -2.51. The molecule has 0 saturated carbocycles. The minimum atomic E-state index is -0.822. The minimum Gasteiger partial charge on any atom is -0.496 e. The van der Waals surface area contributed by atoms with E-state index < -0.39 is 47.3 Å². The molecule has 53 heavy (non-hydrogen) atoms. The molecule has 0 spiro atoms. The summed E-state index contributed by atoms with van der Waals surface area (Å²) in [4.78, 5) is 55.4. The summed E-state index contributed by atoms with van der Waals surface area (Å²) in [5.41, 5.74) is 1.34. The molecule has 1 aliphatic rings. The Labute approximate surface area is 309 Å². The van der Waals surface area contributed by atoms with Crippen LogP contribution in [0.3, 0.4) is 0 Å². The Hall–Kier alpha value is -5.17. The molecule has 3 aromatic carbocycles. The summed E-state index contributed by atoms with van der Waals surface area (Å²) >= 11 is 0. The lowest BCUT2D eigenvalue weighted by Gasteiger charge is -2.30. The first-order chi connectivity index (χ1) is 25.1. The number of methoxy groups -OCH3 is 3. The number of esters is 1. The number of nitrogens with zero attached hydrogens (tertiary/aromatic N) is 1. The third-order valence-corrected chi connectivity index (χ3v) is 8.75. The quantitative estimate of drug-likeness (QED) is 0.123. The second kappa shape index (κ2) is 17.6. The van der Waals surface area contributed by atoms with Crippen LogP contribution in [0, 0.1) is 19.7 Å². The molecule has 12 nitrogen and oxygen atoms in total. The number of halogens is 1. The summed E-state index contributed by atoms with van der Waals surface area (Å²) in [6.45, 7) is 11.1. The molecule has 0 bridgehead atoms. The van der Waals surface area contributed by atoms with Crippen LogP contribution in [0.25, 0.3) is 0 Å². The van der Waals surface area contributed by atoms with Gasteiger partial charge in [-0.1, -0.05) is 19.1 Å². The van der Waals surface area contributed by atoms with Crippen LogP contribution < -0.4 is 19.5 Å². The first kappa shape index (κ1) is 40.6. The molecule has 2 amide bonds. The summed E-state index contributed by atoms with van der Waals surface area (Å²) in [6, 6.07) is 9.71. The zero-order chi connectivity index (χ0) is 39.0. The predicted molar refractivity (Wildman–Crippen MR) is 195 cm³/mol. The summed E-state index contributed by atoms with van der Waals surface area (Å²) in [7, 11) is 4.27. The van der Waals surface area contributed by atoms with E-state index in [0.717, 1.165) is 11.1 Å². The summed E-state index contributed by atoms with van der Waals surface area (Å²) in [5, 5.41) is 2.99. The molecule has 1 heterocycles. The molecule has 0 aromatic heterocycles. The number of benzene rings is 3. The maximum atomic E-state index is 15.6. The van der Waals surface area contributed by atoms with E-state index in [1.54, 1.807) is 39.8 Å². The number of hydrogen-bond acceptors (Lipinski definition) is 10. The molecule has 1 N–H and O–H groups in total. The van der Waals surface area contributed by atoms with Crippen molar-refractivity contribution in [3.05, 3.63) is 87.2 Å². The van der Waals surface area contributed by atoms with Gasteiger partial charge in [0.15, 0.2) is 12.6 Å². The van der Waals surface area contributed by atoms with E-state index >= 15 is 4.39 Å². The zero-order valence-corrected chi connectivity index (χ0v) is 31.8. The van der Waals surface area contributed by atoms with Gasteiger partial charge in [0.05, 0.1) is 25.8 Å². The Morgan fingerprint density at radius 1 is 0.906 bits per heavy atom. The number of nitrogens with one attached hydrogen (secondary N) is 1. The van der Waals surface area contributed by atoms with E-state index in [2.05, 4.69) is 5.32 Å². The predicted octanol–water partition coefficient (Wildman–Crippen LogP) is 6.59. The first-order valence-electron chi connectivity index (χ1n) is 17.4. The normalized spacial score (nSPS) is 15.9. The van der Waals surface area contributed by atoms with Gasteiger partial charge in [-0.3, -0.25) is 9.59 Å². The van der Waals surface area contributed by atoms with E-state index in [1.165, 1.54) is 56.6 Å². The highest BCUT2D eigenvalue weighted by Crippen LogP contribution is 2.35. The van der Waals surface area contributed by atoms with Gasteiger partial charge in [0.25, 0.3) is 5.91 Å². The smallest absolute Gasteiger partial charge is 0.410 e. The molecule has 1 fully saturated rings. The fourth-order valence-corrected chi connectivity index (χ4v) is 6.22. The van der Waals surface area contributed by atoms with Crippen LogP contribution in [0.4, 0.5) is 9.18 Å². The highest BCUT2D eigenvalue weighted by atomic mass is 19.1. The van der Waals surface area contributed by atoms with Crippen LogP contribution in [-0.4, -0.2) is 87.6 Å². The molecule has 0 radical (unpaired) electrons. The van der Waals surface area contributed by atoms with Crippen molar-refractivity contribution in [2.45, 2.75) is 78.6 Å². The van der Waals surface area contributed by atoms with Crippen molar-refractivity contribution in [3.8, 4) is 17.2 Å². The SMILES string of the molecule is CCc1c(OC)cc(OC)c(C(=O)c2ccc(C(=O)O[C@@H]3CCCN(C(=O)OC(C)(C)C)C[C@H]3NC(=O)c3cc(C)c(OCOC)c(C)c3)cc2)c1F. The molecule has 1 aliphatic heterocycles. The standard InChI is InChI=1S/C40H49FN2O10/c1-10-28-31(49-8)20-32(50-9)33(34(28)41)35(44)25-13-15-26(16-14-25)38(46)52-30-12-11-17-43(39(47)53-40(4,5)6)21-29(30)42-37(45)27-18-23(2)36(24(3)19-27)51-22-48-7/h13-16,18-20,29-30H,10-12,17,21-22H2,1-9H3,(H,42,45)/t29-,30-/m1/s1. The molecular formula is C40H49FN2O10. The highest BCUT2D eigenvalue weighted by molar-refractivity contribution is 6.11. The number of carbonyl (C=O) groups excluding carboxylic acids is 4. The molecule has 3 aromatic rings. The first-order valence-corrected chi connectivity index (χ1v) is 17.4. The second-order valence-electron chi connectivity index (χ2n) is 13.8. The van der Waals surface area contributed by atoms with Crippen molar-refractivity contribution in [2.75, 3.05) is 41.2 Å². The van der Waals surface area contributed by atoms with E-state index in [-0.39, 0.29) is 53.5 Å². The Morgan fingerprint density at radius 2 is 1.53 bits per heavy atom. The van der Waals surface area contributed by atoms with Crippen molar-refractivity contribution in [1.29, 1.82) is 0 Å². The summed E-state index contributed by atoms with van der Waals surface area (Å²) in [6.07, 6.45) is -0.277. The zero-order valence-electron chi connectivity index (χ0n) is 31.8. The van der Waals surface area contributed by atoms with E-state index in [4.69, 9.17) is 28.4 Å². The number of carbonyl (C=O) groups is 4. The van der Waals surface area contributed by atoms with Crippen molar-refractivity contribution in [3.63, 3.8) is 0 Å². The Balaban J connectivity index is 1.58. The van der Waals surface area contributed by atoms with Gasteiger partial charge in [-0.15, -0.1) is 0 Å². The Bertz CT molecular complexity index is 1800. The number of likely N-dealkylation sites (tertiary alicyclic amines) is 1. The van der Waals surface area contributed by atoms with Gasteiger partial charge in [-0.2, -0.15) is 0 Å². The average molecular weight is 737 g/mol. The van der Waals surface area contributed by atoms with Crippen LogP contribution in [-0.2, 0) is 20.6 Å². The molecular weight excluding hydrogens is 687 g/mol. The van der Waals surface area contributed by atoms with Crippen molar-refractivity contribution in [1.82, 2.24) is 10.2 Å². The van der Waals surface area contributed by atoms with Gasteiger partial charge >= 0.3 is 12.1 Å².